The summed E-state index contributed by atoms with van der Waals surface area (Å²) in [5, 5.41) is 2.71. The van der Waals surface area contributed by atoms with E-state index in [1.165, 1.54) is 0 Å². The minimum absolute atomic E-state index is 0.115. The van der Waals surface area contributed by atoms with E-state index in [1.807, 2.05) is 0 Å². The maximum Gasteiger partial charge on any atom is 0.325 e. The van der Waals surface area contributed by atoms with Crippen LogP contribution in [0.4, 0.5) is 0 Å². The van der Waals surface area contributed by atoms with E-state index in [2.05, 4.69) is 17.5 Å². The van der Waals surface area contributed by atoms with Crippen molar-refractivity contribution in [1.82, 2.24) is 5.32 Å². The van der Waals surface area contributed by atoms with Gasteiger partial charge in [0, 0.05) is 6.54 Å². The molecule has 0 heterocycles. The van der Waals surface area contributed by atoms with E-state index in [-0.39, 0.29) is 11.7 Å². The number of hydrogen-bond donors (Lipinski definition) is 3. The van der Waals surface area contributed by atoms with Gasteiger partial charge in [0.1, 0.15) is 11.6 Å². The van der Waals surface area contributed by atoms with Gasteiger partial charge >= 0.3 is 5.97 Å². The van der Waals surface area contributed by atoms with Gasteiger partial charge in [-0.25, -0.2) is 0 Å². The Kier molecular flexibility index (Phi) is 4.79. The maximum atomic E-state index is 11.3. The molecule has 0 aliphatic carbocycles. The third-order valence-electron chi connectivity index (χ3n) is 1.21. The Labute approximate surface area is 89.2 Å². The maximum absolute atomic E-state index is 11.3. The molecule has 0 aliphatic rings. The minimum Gasteiger partial charge on any atom is -0.459 e. The molecule has 5 nitrogen and oxygen atoms in total. The van der Waals surface area contributed by atoms with Crippen molar-refractivity contribution in [3.8, 4) is 0 Å². The molecular formula is C8H17N3O2S. The molecule has 0 aromatic rings. The van der Waals surface area contributed by atoms with Gasteiger partial charge in [0.05, 0.1) is 0 Å². The average molecular weight is 219 g/mol. The molecule has 0 rings (SSSR count). The Morgan fingerprint density at radius 1 is 1.57 bits per heavy atom. The van der Waals surface area contributed by atoms with Crippen LogP contribution in [-0.4, -0.2) is 29.3 Å². The lowest BCUT2D eigenvalue weighted by atomic mass is 10.2. The van der Waals surface area contributed by atoms with Gasteiger partial charge in [-0.05, 0) is 33.0 Å². The van der Waals surface area contributed by atoms with Crippen molar-refractivity contribution in [1.29, 1.82) is 0 Å². The van der Waals surface area contributed by atoms with Gasteiger partial charge in [0.2, 0.25) is 0 Å². The Balaban J connectivity index is 3.94. The average Bonchev–Trinajstić information content (AvgIpc) is 1.96. The zero-order valence-corrected chi connectivity index (χ0v) is 9.48. The van der Waals surface area contributed by atoms with Crippen molar-refractivity contribution < 1.29 is 9.53 Å². The number of rotatable bonds is 3. The number of nitrogens with two attached hydrogens (primary N) is 2. The van der Waals surface area contributed by atoms with Gasteiger partial charge < -0.3 is 21.5 Å². The molecule has 1 unspecified atom stereocenters. The predicted octanol–water partition coefficient (Wildman–Crippen LogP) is -0.511. The summed E-state index contributed by atoms with van der Waals surface area (Å²) in [6.07, 6.45) is 0. The van der Waals surface area contributed by atoms with E-state index in [9.17, 15) is 4.79 Å². The van der Waals surface area contributed by atoms with Crippen LogP contribution in [0.25, 0.3) is 0 Å². The highest BCUT2D eigenvalue weighted by molar-refractivity contribution is 7.80. The molecule has 0 spiro atoms. The van der Waals surface area contributed by atoms with Gasteiger partial charge in [0.15, 0.2) is 5.11 Å². The number of carbonyl (C=O) groups is 1. The van der Waals surface area contributed by atoms with E-state index in [0.717, 1.165) is 0 Å². The molecule has 0 aliphatic heterocycles. The monoisotopic (exact) mass is 219 g/mol. The second-order valence-corrected chi connectivity index (χ2v) is 4.32. The molecule has 1 atom stereocenters. The van der Waals surface area contributed by atoms with Crippen molar-refractivity contribution in [2.45, 2.75) is 32.4 Å². The van der Waals surface area contributed by atoms with E-state index in [1.54, 1.807) is 20.8 Å². The third kappa shape index (κ3) is 6.62. The van der Waals surface area contributed by atoms with Crippen LogP contribution in [0.15, 0.2) is 0 Å². The highest BCUT2D eigenvalue weighted by Gasteiger charge is 2.21. The Morgan fingerprint density at radius 2 is 2.07 bits per heavy atom. The predicted molar refractivity (Wildman–Crippen MR) is 58.6 cm³/mol. The fourth-order valence-electron chi connectivity index (χ4n) is 0.671. The molecule has 82 valence electrons. The second kappa shape index (κ2) is 5.11. The smallest absolute Gasteiger partial charge is 0.325 e. The van der Waals surface area contributed by atoms with Gasteiger partial charge in [-0.1, -0.05) is 0 Å². The summed E-state index contributed by atoms with van der Waals surface area (Å²) in [5.74, 6) is -0.471. The number of hydrogen-bond acceptors (Lipinski definition) is 4. The number of thiocarbonyl (C=S) groups is 1. The molecule has 0 bridgehead atoms. The largest absolute Gasteiger partial charge is 0.459 e. The molecule has 6 heteroatoms. The molecule has 0 saturated heterocycles. The second-order valence-electron chi connectivity index (χ2n) is 3.89. The topological polar surface area (TPSA) is 90.4 Å². The highest BCUT2D eigenvalue weighted by Crippen LogP contribution is 2.07. The molecule has 0 saturated carbocycles. The molecule has 0 aromatic heterocycles. The SMILES string of the molecule is CC(C)(C)OC(=O)C(N)CNC(N)=S. The molecule has 5 N–H and O–H groups in total. The van der Waals surface area contributed by atoms with Gasteiger partial charge in [-0.15, -0.1) is 0 Å². The van der Waals surface area contributed by atoms with Crippen molar-refractivity contribution >= 4 is 23.3 Å². The summed E-state index contributed by atoms with van der Waals surface area (Å²) < 4.78 is 5.04. The summed E-state index contributed by atoms with van der Waals surface area (Å²) in [6.45, 7) is 5.51. The summed E-state index contributed by atoms with van der Waals surface area (Å²) in [5.41, 5.74) is 10.2. The van der Waals surface area contributed by atoms with E-state index in [0.29, 0.717) is 0 Å². The van der Waals surface area contributed by atoms with Gasteiger partial charge in [-0.3, -0.25) is 4.79 Å². The van der Waals surface area contributed by atoms with Crippen LogP contribution in [0.5, 0.6) is 0 Å². The summed E-state index contributed by atoms with van der Waals surface area (Å²) in [6, 6.07) is -0.754. The first-order valence-electron chi connectivity index (χ1n) is 4.24. The van der Waals surface area contributed by atoms with Gasteiger partial charge in [0.25, 0.3) is 0 Å². The molecular weight excluding hydrogens is 202 g/mol. The van der Waals surface area contributed by atoms with E-state index < -0.39 is 17.6 Å². The normalized spacial score (nSPS) is 13.1. The number of nitrogens with one attached hydrogen (secondary N) is 1. The van der Waals surface area contributed by atoms with Crippen molar-refractivity contribution in [2.24, 2.45) is 11.5 Å². The fourth-order valence-corrected chi connectivity index (χ4v) is 0.755. The lowest BCUT2D eigenvalue weighted by molar-refractivity contribution is -0.156. The Morgan fingerprint density at radius 3 is 2.43 bits per heavy atom. The quantitative estimate of drug-likeness (QED) is 0.437. The van der Waals surface area contributed by atoms with Crippen LogP contribution in [-0.2, 0) is 9.53 Å². The van der Waals surface area contributed by atoms with Crippen LogP contribution < -0.4 is 16.8 Å². The Bertz CT molecular complexity index is 225. The molecule has 0 radical (unpaired) electrons. The molecule has 14 heavy (non-hydrogen) atoms. The molecule has 0 amide bonds. The standard InChI is InChI=1S/C8H17N3O2S/c1-8(2,3)13-6(12)5(9)4-11-7(10)14/h5H,4,9H2,1-3H3,(H3,10,11,14). The molecule has 0 aromatic carbocycles. The van der Waals surface area contributed by atoms with E-state index in [4.69, 9.17) is 16.2 Å². The lowest BCUT2D eigenvalue weighted by Crippen LogP contribution is -2.46. The zero-order valence-electron chi connectivity index (χ0n) is 8.66. The van der Waals surface area contributed by atoms with Crippen molar-refractivity contribution in [3.63, 3.8) is 0 Å². The van der Waals surface area contributed by atoms with Crippen molar-refractivity contribution in [2.75, 3.05) is 6.54 Å². The summed E-state index contributed by atoms with van der Waals surface area (Å²) in [7, 11) is 0. The first-order valence-corrected chi connectivity index (χ1v) is 4.65. The number of carbonyl (C=O) groups excluding carboxylic acids is 1. The van der Waals surface area contributed by atoms with Gasteiger partial charge in [-0.2, -0.15) is 0 Å². The van der Waals surface area contributed by atoms with Crippen LogP contribution in [0.3, 0.4) is 0 Å². The molecule has 0 fully saturated rings. The number of esters is 1. The first-order chi connectivity index (χ1) is 6.22. The number of ether oxygens (including phenoxy) is 1. The van der Waals surface area contributed by atoms with E-state index >= 15 is 0 Å². The summed E-state index contributed by atoms with van der Waals surface area (Å²) >= 11 is 4.57. The van der Waals surface area contributed by atoms with Crippen LogP contribution >= 0.6 is 12.2 Å². The summed E-state index contributed by atoms with van der Waals surface area (Å²) in [4.78, 5) is 11.3. The lowest BCUT2D eigenvalue weighted by Gasteiger charge is -2.22. The zero-order chi connectivity index (χ0) is 11.4. The van der Waals surface area contributed by atoms with Crippen LogP contribution in [0.1, 0.15) is 20.8 Å². The highest BCUT2D eigenvalue weighted by atomic mass is 32.1. The third-order valence-corrected chi connectivity index (χ3v) is 1.35. The van der Waals surface area contributed by atoms with Crippen molar-refractivity contribution in [3.05, 3.63) is 0 Å². The first kappa shape index (κ1) is 13.1. The van der Waals surface area contributed by atoms with Crippen LogP contribution in [0, 0.1) is 0 Å². The fraction of sp³-hybridized carbons (Fsp3) is 0.750. The Hall–Kier alpha value is -0.880. The van der Waals surface area contributed by atoms with Crippen LogP contribution in [0.2, 0.25) is 0 Å². The minimum atomic E-state index is -0.754.